The summed E-state index contributed by atoms with van der Waals surface area (Å²) in [6, 6.07) is 17.5. The van der Waals surface area contributed by atoms with Crippen LogP contribution in [0.2, 0.25) is 0 Å². The number of nitrogens with two attached hydrogens (primary N) is 1. The molecular formula is C19H25N3. The van der Waals surface area contributed by atoms with E-state index < -0.39 is 0 Å². The number of benzene rings is 2. The average molecular weight is 295 g/mol. The largest absolute Gasteiger partial charge is 0.369 e. The van der Waals surface area contributed by atoms with E-state index in [2.05, 4.69) is 65.3 Å². The Labute approximate surface area is 133 Å². The highest BCUT2D eigenvalue weighted by atomic mass is 15.3. The molecule has 2 aromatic carbocycles. The van der Waals surface area contributed by atoms with Crippen LogP contribution in [0.15, 0.2) is 48.5 Å². The van der Waals surface area contributed by atoms with Gasteiger partial charge < -0.3 is 10.6 Å². The van der Waals surface area contributed by atoms with Crippen LogP contribution >= 0.6 is 0 Å². The highest BCUT2D eigenvalue weighted by Crippen LogP contribution is 2.18. The van der Waals surface area contributed by atoms with E-state index in [4.69, 9.17) is 5.73 Å². The van der Waals surface area contributed by atoms with Gasteiger partial charge in [0.15, 0.2) is 0 Å². The molecule has 0 saturated carbocycles. The first-order chi connectivity index (χ1) is 10.7. The monoisotopic (exact) mass is 295 g/mol. The van der Waals surface area contributed by atoms with Crippen molar-refractivity contribution < 1.29 is 0 Å². The molecule has 1 aliphatic heterocycles. The lowest BCUT2D eigenvalue weighted by molar-refractivity contribution is 0.250. The Morgan fingerprint density at radius 3 is 2.23 bits per heavy atom. The summed E-state index contributed by atoms with van der Waals surface area (Å²) < 4.78 is 0. The van der Waals surface area contributed by atoms with Crippen molar-refractivity contribution in [3.8, 4) is 0 Å². The van der Waals surface area contributed by atoms with E-state index in [1.165, 1.54) is 22.4 Å². The van der Waals surface area contributed by atoms with E-state index in [1.54, 1.807) is 0 Å². The molecule has 1 heterocycles. The summed E-state index contributed by atoms with van der Waals surface area (Å²) in [5.41, 5.74) is 10.9. The van der Waals surface area contributed by atoms with Crippen molar-refractivity contribution >= 4 is 5.69 Å². The third-order valence-electron chi connectivity index (χ3n) is 4.40. The SMILES string of the molecule is Cc1cccc(N2CCN(Cc3ccc(CN)cc3)CC2)c1. The summed E-state index contributed by atoms with van der Waals surface area (Å²) in [6.07, 6.45) is 0. The first-order valence-corrected chi connectivity index (χ1v) is 8.06. The molecule has 0 bridgehead atoms. The fourth-order valence-electron chi connectivity index (χ4n) is 3.03. The van der Waals surface area contributed by atoms with Crippen molar-refractivity contribution in [2.24, 2.45) is 5.73 Å². The van der Waals surface area contributed by atoms with Gasteiger partial charge in [0.2, 0.25) is 0 Å². The molecule has 1 saturated heterocycles. The van der Waals surface area contributed by atoms with Gasteiger partial charge in [-0.05, 0) is 35.7 Å². The van der Waals surface area contributed by atoms with Crippen LogP contribution < -0.4 is 10.6 Å². The number of hydrogen-bond donors (Lipinski definition) is 1. The van der Waals surface area contributed by atoms with Crippen LogP contribution in [0.3, 0.4) is 0 Å². The van der Waals surface area contributed by atoms with Gasteiger partial charge in [0, 0.05) is 45.0 Å². The number of aryl methyl sites for hydroxylation is 1. The minimum Gasteiger partial charge on any atom is -0.369 e. The summed E-state index contributed by atoms with van der Waals surface area (Å²) in [7, 11) is 0. The molecule has 3 rings (SSSR count). The van der Waals surface area contributed by atoms with E-state index in [0.717, 1.165) is 32.7 Å². The van der Waals surface area contributed by atoms with Crippen LogP contribution in [0.1, 0.15) is 16.7 Å². The lowest BCUT2D eigenvalue weighted by Crippen LogP contribution is -2.45. The van der Waals surface area contributed by atoms with Gasteiger partial charge in [0.25, 0.3) is 0 Å². The van der Waals surface area contributed by atoms with Crippen LogP contribution in [0.4, 0.5) is 5.69 Å². The van der Waals surface area contributed by atoms with Crippen molar-refractivity contribution in [2.45, 2.75) is 20.0 Å². The second kappa shape index (κ2) is 6.95. The molecule has 116 valence electrons. The van der Waals surface area contributed by atoms with Crippen LogP contribution in [-0.4, -0.2) is 31.1 Å². The van der Waals surface area contributed by atoms with E-state index in [0.29, 0.717) is 6.54 Å². The molecule has 3 nitrogen and oxygen atoms in total. The summed E-state index contributed by atoms with van der Waals surface area (Å²) in [5, 5.41) is 0. The Bertz CT molecular complexity index is 598. The molecular weight excluding hydrogens is 270 g/mol. The molecule has 0 aromatic heterocycles. The highest BCUT2D eigenvalue weighted by molar-refractivity contribution is 5.48. The third-order valence-corrected chi connectivity index (χ3v) is 4.40. The summed E-state index contributed by atoms with van der Waals surface area (Å²) in [5.74, 6) is 0. The highest BCUT2D eigenvalue weighted by Gasteiger charge is 2.17. The van der Waals surface area contributed by atoms with Crippen molar-refractivity contribution in [2.75, 3.05) is 31.1 Å². The maximum atomic E-state index is 5.65. The first kappa shape index (κ1) is 15.1. The van der Waals surface area contributed by atoms with Crippen LogP contribution in [0.25, 0.3) is 0 Å². The normalized spacial score (nSPS) is 16.0. The fraction of sp³-hybridized carbons (Fsp3) is 0.368. The lowest BCUT2D eigenvalue weighted by Gasteiger charge is -2.36. The fourth-order valence-corrected chi connectivity index (χ4v) is 3.03. The van der Waals surface area contributed by atoms with Crippen LogP contribution in [0.5, 0.6) is 0 Å². The minimum absolute atomic E-state index is 0.620. The quantitative estimate of drug-likeness (QED) is 0.941. The zero-order valence-electron chi connectivity index (χ0n) is 13.3. The molecule has 0 spiro atoms. The Kier molecular flexibility index (Phi) is 4.76. The van der Waals surface area contributed by atoms with E-state index in [1.807, 2.05) is 0 Å². The molecule has 0 radical (unpaired) electrons. The van der Waals surface area contributed by atoms with Crippen molar-refractivity contribution in [1.29, 1.82) is 0 Å². The van der Waals surface area contributed by atoms with Gasteiger partial charge in [-0.25, -0.2) is 0 Å². The Balaban J connectivity index is 1.55. The Morgan fingerprint density at radius 1 is 0.909 bits per heavy atom. The minimum atomic E-state index is 0.620. The van der Waals surface area contributed by atoms with Gasteiger partial charge in [-0.1, -0.05) is 36.4 Å². The number of nitrogens with zero attached hydrogens (tertiary/aromatic N) is 2. The zero-order chi connectivity index (χ0) is 15.4. The van der Waals surface area contributed by atoms with Gasteiger partial charge >= 0.3 is 0 Å². The van der Waals surface area contributed by atoms with Gasteiger partial charge in [-0.15, -0.1) is 0 Å². The Morgan fingerprint density at radius 2 is 1.59 bits per heavy atom. The second-order valence-electron chi connectivity index (χ2n) is 6.12. The van der Waals surface area contributed by atoms with E-state index >= 15 is 0 Å². The van der Waals surface area contributed by atoms with Gasteiger partial charge in [-0.3, -0.25) is 4.90 Å². The van der Waals surface area contributed by atoms with Crippen molar-refractivity contribution in [3.63, 3.8) is 0 Å². The number of piperazine rings is 1. The zero-order valence-corrected chi connectivity index (χ0v) is 13.3. The van der Waals surface area contributed by atoms with E-state index in [9.17, 15) is 0 Å². The lowest BCUT2D eigenvalue weighted by atomic mass is 10.1. The second-order valence-corrected chi connectivity index (χ2v) is 6.12. The first-order valence-electron chi connectivity index (χ1n) is 8.06. The molecule has 22 heavy (non-hydrogen) atoms. The molecule has 0 unspecified atom stereocenters. The molecule has 0 atom stereocenters. The van der Waals surface area contributed by atoms with Gasteiger partial charge in [0.05, 0.1) is 0 Å². The van der Waals surface area contributed by atoms with Crippen molar-refractivity contribution in [1.82, 2.24) is 4.90 Å². The maximum Gasteiger partial charge on any atom is 0.0369 e. The average Bonchev–Trinajstić information content (AvgIpc) is 2.56. The molecule has 1 aliphatic rings. The number of anilines is 1. The third kappa shape index (κ3) is 3.67. The predicted molar refractivity (Wildman–Crippen MR) is 93.0 cm³/mol. The molecule has 0 aliphatic carbocycles. The molecule has 0 amide bonds. The predicted octanol–water partition coefficient (Wildman–Crippen LogP) is 2.78. The van der Waals surface area contributed by atoms with Crippen LogP contribution in [0, 0.1) is 6.92 Å². The molecule has 3 heteroatoms. The maximum absolute atomic E-state index is 5.65. The van der Waals surface area contributed by atoms with Gasteiger partial charge in [0.1, 0.15) is 0 Å². The number of hydrogen-bond acceptors (Lipinski definition) is 3. The molecule has 2 aromatic rings. The summed E-state index contributed by atoms with van der Waals surface area (Å²) in [6.45, 7) is 8.25. The summed E-state index contributed by atoms with van der Waals surface area (Å²) in [4.78, 5) is 5.02. The van der Waals surface area contributed by atoms with Crippen molar-refractivity contribution in [3.05, 3.63) is 65.2 Å². The molecule has 1 fully saturated rings. The topological polar surface area (TPSA) is 32.5 Å². The van der Waals surface area contributed by atoms with Gasteiger partial charge in [-0.2, -0.15) is 0 Å². The van der Waals surface area contributed by atoms with Crippen LogP contribution in [-0.2, 0) is 13.1 Å². The standard InChI is InChI=1S/C19H25N3/c1-16-3-2-4-19(13-16)22-11-9-21(10-12-22)15-18-7-5-17(14-20)6-8-18/h2-8,13H,9-12,14-15,20H2,1H3. The smallest absolute Gasteiger partial charge is 0.0369 e. The summed E-state index contributed by atoms with van der Waals surface area (Å²) >= 11 is 0. The van der Waals surface area contributed by atoms with E-state index in [-0.39, 0.29) is 0 Å². The molecule has 2 N–H and O–H groups in total. The Hall–Kier alpha value is -1.84. The number of rotatable bonds is 4.